The van der Waals surface area contributed by atoms with Gasteiger partial charge in [0.05, 0.1) is 19.3 Å². The third-order valence-corrected chi connectivity index (χ3v) is 5.43. The number of nitrogens with zero attached hydrogens (tertiary/aromatic N) is 2. The molecule has 0 bridgehead atoms. The van der Waals surface area contributed by atoms with Gasteiger partial charge in [0, 0.05) is 44.8 Å². The third kappa shape index (κ3) is 5.17. The second-order valence-corrected chi connectivity index (χ2v) is 7.18. The number of carbonyl (C=O) groups is 1. The van der Waals surface area contributed by atoms with E-state index in [0.29, 0.717) is 32.8 Å². The fraction of sp³-hybridized carbons (Fsp3) is 0.650. The molecule has 1 atom stereocenters. The van der Waals surface area contributed by atoms with Gasteiger partial charge < -0.3 is 15.0 Å². The van der Waals surface area contributed by atoms with Gasteiger partial charge in [-0.3, -0.25) is 9.69 Å². The lowest BCUT2D eigenvalue weighted by Crippen LogP contribution is -2.48. The highest BCUT2D eigenvalue weighted by molar-refractivity contribution is 5.76. The summed E-state index contributed by atoms with van der Waals surface area (Å²) >= 11 is 0. The van der Waals surface area contributed by atoms with E-state index in [1.165, 1.54) is 11.3 Å². The summed E-state index contributed by atoms with van der Waals surface area (Å²) in [5, 5.41) is 2.81. The second kappa shape index (κ2) is 9.46. The number of hydrogen-bond donors (Lipinski definition) is 1. The van der Waals surface area contributed by atoms with E-state index in [1.54, 1.807) is 4.90 Å². The zero-order valence-electron chi connectivity index (χ0n) is 15.9. The van der Waals surface area contributed by atoms with Gasteiger partial charge in [-0.2, -0.15) is 0 Å². The van der Waals surface area contributed by atoms with Crippen LogP contribution in [0.5, 0.6) is 0 Å². The number of morpholine rings is 1. The topological polar surface area (TPSA) is 44.8 Å². The predicted molar refractivity (Wildman–Crippen MR) is 101 cm³/mol. The number of hydrogen-bond acceptors (Lipinski definition) is 4. The largest absolute Gasteiger partial charge is 0.379 e. The maximum Gasteiger partial charge on any atom is 0.254 e. The average molecular weight is 381 g/mol. The summed E-state index contributed by atoms with van der Waals surface area (Å²) in [7, 11) is 0. The van der Waals surface area contributed by atoms with Crippen molar-refractivity contribution in [3.8, 4) is 0 Å². The van der Waals surface area contributed by atoms with Crippen LogP contribution in [0.1, 0.15) is 30.9 Å². The number of alkyl halides is 2. The summed E-state index contributed by atoms with van der Waals surface area (Å²) in [6.07, 6.45) is -0.561. The molecule has 150 valence electrons. The van der Waals surface area contributed by atoms with Crippen molar-refractivity contribution in [2.75, 3.05) is 44.3 Å². The van der Waals surface area contributed by atoms with Gasteiger partial charge in [0.15, 0.2) is 0 Å². The number of anilines is 1. The smallest absolute Gasteiger partial charge is 0.254 e. The molecule has 1 fully saturated rings. The number of rotatable bonds is 7. The molecule has 5 nitrogen and oxygen atoms in total. The lowest BCUT2D eigenvalue weighted by Gasteiger charge is -2.33. The molecule has 0 aliphatic carbocycles. The van der Waals surface area contributed by atoms with Crippen molar-refractivity contribution >= 4 is 11.6 Å². The number of fused-ring (bicyclic) bond motifs is 1. The summed E-state index contributed by atoms with van der Waals surface area (Å²) in [5.41, 5.74) is 3.58. The van der Waals surface area contributed by atoms with Crippen molar-refractivity contribution in [2.24, 2.45) is 0 Å². The molecular weight excluding hydrogens is 352 g/mol. The molecule has 2 aliphatic heterocycles. The van der Waals surface area contributed by atoms with Gasteiger partial charge in [0.1, 0.15) is 0 Å². The molecule has 3 rings (SSSR count). The molecular formula is C20H29F2N3O2. The first-order valence-electron chi connectivity index (χ1n) is 9.82. The SMILES string of the molecule is CCN1CCCc2cc(CNC(=O)CC(C(F)F)N3CCOCC3)ccc21. The standard InChI is InChI=1S/C20H29F2N3O2/c1-2-24-7-3-4-16-12-15(5-6-17(16)24)14-23-19(26)13-18(20(21)22)25-8-10-27-11-9-25/h5-6,12,18,20H,2-4,7-11,13-14H2,1H3,(H,23,26). The Hall–Kier alpha value is -1.73. The maximum atomic E-state index is 13.4. The van der Waals surface area contributed by atoms with E-state index in [4.69, 9.17) is 4.74 Å². The highest BCUT2D eigenvalue weighted by atomic mass is 19.3. The van der Waals surface area contributed by atoms with Gasteiger partial charge in [0.2, 0.25) is 5.91 Å². The van der Waals surface area contributed by atoms with Gasteiger partial charge in [-0.25, -0.2) is 8.78 Å². The van der Waals surface area contributed by atoms with E-state index in [-0.39, 0.29) is 12.3 Å². The Balaban J connectivity index is 1.55. The highest BCUT2D eigenvalue weighted by Crippen LogP contribution is 2.27. The molecule has 1 unspecified atom stereocenters. The van der Waals surface area contributed by atoms with Gasteiger partial charge in [-0.05, 0) is 37.0 Å². The van der Waals surface area contributed by atoms with Crippen LogP contribution in [-0.2, 0) is 22.5 Å². The lowest BCUT2D eigenvalue weighted by atomic mass is 9.99. The van der Waals surface area contributed by atoms with Crippen molar-refractivity contribution < 1.29 is 18.3 Å². The summed E-state index contributed by atoms with van der Waals surface area (Å²) in [6, 6.07) is 5.20. The zero-order valence-corrected chi connectivity index (χ0v) is 15.9. The number of amides is 1. The fourth-order valence-corrected chi connectivity index (χ4v) is 3.92. The maximum absolute atomic E-state index is 13.4. The van der Waals surface area contributed by atoms with Crippen LogP contribution in [0.2, 0.25) is 0 Å². The molecule has 27 heavy (non-hydrogen) atoms. The molecule has 1 aromatic carbocycles. The number of benzene rings is 1. The minimum Gasteiger partial charge on any atom is -0.379 e. The number of carbonyl (C=O) groups excluding carboxylic acids is 1. The Morgan fingerprint density at radius 1 is 1.26 bits per heavy atom. The number of aryl methyl sites for hydroxylation is 1. The number of nitrogens with one attached hydrogen (secondary N) is 1. The van der Waals surface area contributed by atoms with Crippen LogP contribution in [0.25, 0.3) is 0 Å². The molecule has 7 heteroatoms. The minimum absolute atomic E-state index is 0.188. The van der Waals surface area contributed by atoms with Crippen LogP contribution in [0.15, 0.2) is 18.2 Å². The second-order valence-electron chi connectivity index (χ2n) is 7.18. The number of ether oxygens (including phenoxy) is 1. The Morgan fingerprint density at radius 2 is 2.04 bits per heavy atom. The molecule has 0 radical (unpaired) electrons. The lowest BCUT2D eigenvalue weighted by molar-refractivity contribution is -0.125. The normalized spacial score (nSPS) is 19.0. The monoisotopic (exact) mass is 381 g/mol. The van der Waals surface area contributed by atoms with Crippen molar-refractivity contribution in [2.45, 2.75) is 45.2 Å². The van der Waals surface area contributed by atoms with Crippen molar-refractivity contribution in [3.63, 3.8) is 0 Å². The molecule has 1 saturated heterocycles. The predicted octanol–water partition coefficient (Wildman–Crippen LogP) is 2.43. The van der Waals surface area contributed by atoms with Crippen molar-refractivity contribution in [1.29, 1.82) is 0 Å². The molecule has 1 amide bonds. The van der Waals surface area contributed by atoms with Crippen LogP contribution in [0.3, 0.4) is 0 Å². The average Bonchev–Trinajstić information content (AvgIpc) is 2.70. The van der Waals surface area contributed by atoms with E-state index in [9.17, 15) is 13.6 Å². The zero-order chi connectivity index (χ0) is 19.2. The van der Waals surface area contributed by atoms with Crippen LogP contribution >= 0.6 is 0 Å². The molecule has 2 heterocycles. The van der Waals surface area contributed by atoms with Gasteiger partial charge in [-0.15, -0.1) is 0 Å². The highest BCUT2D eigenvalue weighted by Gasteiger charge is 2.30. The molecule has 1 aromatic rings. The first-order valence-corrected chi connectivity index (χ1v) is 9.82. The van der Waals surface area contributed by atoms with Crippen molar-refractivity contribution in [1.82, 2.24) is 10.2 Å². The van der Waals surface area contributed by atoms with Crippen LogP contribution in [-0.4, -0.2) is 62.7 Å². The Morgan fingerprint density at radius 3 is 2.74 bits per heavy atom. The van der Waals surface area contributed by atoms with E-state index in [2.05, 4.69) is 29.3 Å². The van der Waals surface area contributed by atoms with Crippen LogP contribution in [0.4, 0.5) is 14.5 Å². The van der Waals surface area contributed by atoms with E-state index >= 15 is 0 Å². The summed E-state index contributed by atoms with van der Waals surface area (Å²) in [6.45, 7) is 6.36. The quantitative estimate of drug-likeness (QED) is 0.788. The Bertz CT molecular complexity index is 636. The minimum atomic E-state index is -2.54. The number of halogens is 2. The molecule has 1 N–H and O–H groups in total. The summed E-state index contributed by atoms with van der Waals surface area (Å²) < 4.78 is 32.0. The van der Waals surface area contributed by atoms with E-state index < -0.39 is 12.5 Å². The summed E-state index contributed by atoms with van der Waals surface area (Å²) in [5.74, 6) is -0.334. The van der Waals surface area contributed by atoms with E-state index in [1.807, 2.05) is 6.07 Å². The van der Waals surface area contributed by atoms with Crippen LogP contribution in [0, 0.1) is 0 Å². The molecule has 0 spiro atoms. The van der Waals surface area contributed by atoms with Crippen LogP contribution < -0.4 is 10.2 Å². The van der Waals surface area contributed by atoms with Crippen molar-refractivity contribution in [3.05, 3.63) is 29.3 Å². The first kappa shape index (κ1) is 20.0. The Kier molecular flexibility index (Phi) is 7.01. The molecule has 0 saturated carbocycles. The Labute approximate surface area is 159 Å². The van der Waals surface area contributed by atoms with Gasteiger partial charge in [0.25, 0.3) is 6.43 Å². The van der Waals surface area contributed by atoms with E-state index in [0.717, 1.165) is 31.5 Å². The summed E-state index contributed by atoms with van der Waals surface area (Å²) in [4.78, 5) is 16.3. The van der Waals surface area contributed by atoms with Gasteiger partial charge >= 0.3 is 0 Å². The molecule has 2 aliphatic rings. The first-order chi connectivity index (χ1) is 13.1. The fourth-order valence-electron chi connectivity index (χ4n) is 3.92. The third-order valence-electron chi connectivity index (χ3n) is 5.43. The van der Waals surface area contributed by atoms with Gasteiger partial charge in [-0.1, -0.05) is 12.1 Å². The molecule has 0 aromatic heterocycles.